The Morgan fingerprint density at radius 3 is 2.06 bits per heavy atom. The van der Waals surface area contributed by atoms with Gasteiger partial charge in [-0.25, -0.2) is 0 Å². The number of halogens is 1. The molecular formula is C41H46ClNO11. The van der Waals surface area contributed by atoms with Gasteiger partial charge in [0.15, 0.2) is 12.1 Å². The van der Waals surface area contributed by atoms with Crippen LogP contribution >= 0.6 is 12.4 Å². The van der Waals surface area contributed by atoms with E-state index in [9.17, 15) is 35.1 Å². The van der Waals surface area contributed by atoms with Crippen molar-refractivity contribution in [3.05, 3.63) is 123 Å². The van der Waals surface area contributed by atoms with Crippen LogP contribution < -0.4 is 4.74 Å². The molecule has 0 amide bonds. The first-order valence-corrected chi connectivity index (χ1v) is 17.5. The molecule has 1 saturated heterocycles. The molecule has 1 fully saturated rings. The number of aliphatic hydroxyl groups excluding tert-OH is 2. The van der Waals surface area contributed by atoms with Crippen LogP contribution in [0.5, 0.6) is 17.2 Å². The van der Waals surface area contributed by atoms with E-state index in [-0.39, 0.29) is 65.1 Å². The molecule has 3 aliphatic rings. The van der Waals surface area contributed by atoms with E-state index in [2.05, 4.69) is 4.90 Å². The van der Waals surface area contributed by atoms with Crippen molar-refractivity contribution in [2.45, 2.75) is 88.5 Å². The van der Waals surface area contributed by atoms with Crippen LogP contribution in [0.25, 0.3) is 0 Å². The van der Waals surface area contributed by atoms with E-state index < -0.39 is 76.5 Å². The van der Waals surface area contributed by atoms with Gasteiger partial charge in [-0.1, -0.05) is 72.8 Å². The summed E-state index contributed by atoms with van der Waals surface area (Å²) in [7, 11) is 1.37. The topological polar surface area (TPSA) is 198 Å². The predicted molar refractivity (Wildman–Crippen MR) is 200 cm³/mol. The molecule has 0 spiro atoms. The summed E-state index contributed by atoms with van der Waals surface area (Å²) in [6.07, 6.45) is -5.46. The van der Waals surface area contributed by atoms with Crippen LogP contribution in [0.15, 0.2) is 78.9 Å². The molecule has 0 radical (unpaired) electrons. The number of benzene rings is 4. The zero-order valence-corrected chi connectivity index (χ0v) is 31.0. The maximum absolute atomic E-state index is 14.0. The van der Waals surface area contributed by atoms with Crippen LogP contribution in [0.4, 0.5) is 0 Å². The second kappa shape index (κ2) is 16.2. The number of methoxy groups -OCH3 is 1. The number of fused-ring (bicyclic) bond motifs is 3. The zero-order valence-electron chi connectivity index (χ0n) is 30.1. The van der Waals surface area contributed by atoms with Crippen molar-refractivity contribution in [2.75, 3.05) is 7.11 Å². The number of phenolic OH excluding ortho intramolecular Hbond substituents is 2. The van der Waals surface area contributed by atoms with Gasteiger partial charge in [-0.3, -0.25) is 14.5 Å². The van der Waals surface area contributed by atoms with E-state index in [1.807, 2.05) is 60.7 Å². The van der Waals surface area contributed by atoms with Gasteiger partial charge in [0.2, 0.25) is 5.78 Å². The summed E-state index contributed by atoms with van der Waals surface area (Å²) in [6, 6.07) is 23.9. The first-order valence-electron chi connectivity index (χ1n) is 17.5. The molecule has 7 N–H and O–H groups in total. The summed E-state index contributed by atoms with van der Waals surface area (Å²) in [4.78, 5) is 30.0. The number of rotatable bonds is 9. The number of ketones is 2. The van der Waals surface area contributed by atoms with Gasteiger partial charge in [-0.05, 0) is 31.0 Å². The van der Waals surface area contributed by atoms with E-state index in [4.69, 9.17) is 14.2 Å². The number of aromatic hydroxyl groups is 2. The summed E-state index contributed by atoms with van der Waals surface area (Å²) in [5, 5.41) is 57.7. The van der Waals surface area contributed by atoms with Crippen LogP contribution in [0.1, 0.15) is 86.9 Å². The SMILES string of the molecule is COc1cccc2c1C(=O)c1c(O)c3c(c(O)c1C2=O)C[C@@](O)(C(C)O)C[C@@H]3O[C@H]1C[C@H](N(Cc2ccccc2)Cc2ccccc2)[C@H](O)[C@H](C)O1.Cl.O. The third-order valence-electron chi connectivity index (χ3n) is 10.8. The minimum atomic E-state index is -1.84. The molecule has 12 nitrogen and oxygen atoms in total. The third kappa shape index (κ3) is 7.24. The van der Waals surface area contributed by atoms with Crippen molar-refractivity contribution in [3.63, 3.8) is 0 Å². The normalized spacial score (nSPS) is 25.1. The molecular weight excluding hydrogens is 718 g/mol. The van der Waals surface area contributed by atoms with Crippen LogP contribution in [0.3, 0.4) is 0 Å². The summed E-state index contributed by atoms with van der Waals surface area (Å²) >= 11 is 0. The van der Waals surface area contributed by atoms with Crippen LogP contribution in [0, 0.1) is 0 Å². The second-order valence-corrected chi connectivity index (χ2v) is 14.1. The molecule has 7 rings (SSSR count). The Morgan fingerprint density at radius 2 is 1.48 bits per heavy atom. The molecule has 4 aromatic carbocycles. The highest BCUT2D eigenvalue weighted by Crippen LogP contribution is 2.53. The molecule has 1 unspecified atom stereocenters. The second-order valence-electron chi connectivity index (χ2n) is 14.1. The molecule has 0 bridgehead atoms. The average molecular weight is 764 g/mol. The summed E-state index contributed by atoms with van der Waals surface area (Å²) in [5.41, 5.74) is -0.555. The van der Waals surface area contributed by atoms with Gasteiger partial charge in [-0.2, -0.15) is 0 Å². The predicted octanol–water partition coefficient (Wildman–Crippen LogP) is 4.16. The quantitative estimate of drug-likeness (QED) is 0.135. The highest BCUT2D eigenvalue weighted by atomic mass is 35.5. The van der Waals surface area contributed by atoms with E-state index in [0.29, 0.717) is 13.1 Å². The van der Waals surface area contributed by atoms with Crippen LogP contribution in [0.2, 0.25) is 0 Å². The fourth-order valence-corrected chi connectivity index (χ4v) is 7.97. The van der Waals surface area contributed by atoms with Crippen LogP contribution in [-0.2, 0) is 29.0 Å². The van der Waals surface area contributed by atoms with Crippen molar-refractivity contribution in [1.82, 2.24) is 4.90 Å². The number of nitrogens with zero attached hydrogens (tertiary/aromatic N) is 1. The van der Waals surface area contributed by atoms with E-state index in [1.165, 1.54) is 26.2 Å². The molecule has 2 aliphatic carbocycles. The van der Waals surface area contributed by atoms with Crippen molar-refractivity contribution < 1.29 is 54.8 Å². The van der Waals surface area contributed by atoms with Crippen molar-refractivity contribution in [1.29, 1.82) is 0 Å². The summed E-state index contributed by atoms with van der Waals surface area (Å²) < 4.78 is 18.2. The van der Waals surface area contributed by atoms with Gasteiger partial charge in [0.25, 0.3) is 0 Å². The standard InChI is InChI=1S/C41H43NO10.ClH.H2O/c1-22-36(44)28(42(20-24-11-6-4-7-12-24)21-25-13-8-5-9-14-25)17-31(51-22)52-30-19-41(49,23(2)43)18-27-33(30)40(48)35-34(38(27)46)37(45)26-15-10-16-29(50-3)32(26)39(35)47;;/h4-16,22-23,28,30-31,36,43-44,46,48-49H,17-21H2,1-3H3;1H;1H2/t22-,23?,28-,30-,31-,36+,41-;;/m0../s1. The van der Waals surface area contributed by atoms with Crippen LogP contribution in [-0.4, -0.2) is 90.8 Å². The zero-order chi connectivity index (χ0) is 36.9. The highest BCUT2D eigenvalue weighted by Gasteiger charge is 2.50. The molecule has 1 heterocycles. The Kier molecular flexibility index (Phi) is 12.2. The first-order chi connectivity index (χ1) is 24.9. The Morgan fingerprint density at radius 1 is 0.889 bits per heavy atom. The maximum Gasteiger partial charge on any atom is 0.202 e. The van der Waals surface area contributed by atoms with Crippen molar-refractivity contribution in [2.24, 2.45) is 0 Å². The lowest BCUT2D eigenvalue weighted by Crippen LogP contribution is -2.55. The number of hydrogen-bond donors (Lipinski definition) is 5. The Bertz CT molecular complexity index is 1950. The lowest BCUT2D eigenvalue weighted by atomic mass is 9.71. The number of phenols is 2. The van der Waals surface area contributed by atoms with Gasteiger partial charge < -0.3 is 45.2 Å². The molecule has 288 valence electrons. The molecule has 0 aromatic heterocycles. The lowest BCUT2D eigenvalue weighted by molar-refractivity contribution is -0.262. The number of carbonyl (C=O) groups is 2. The Hall–Kier alpha value is -4.37. The largest absolute Gasteiger partial charge is 0.507 e. The summed E-state index contributed by atoms with van der Waals surface area (Å²) in [5.74, 6) is -2.41. The fourth-order valence-electron chi connectivity index (χ4n) is 7.97. The number of hydrogen-bond acceptors (Lipinski definition) is 11. The van der Waals surface area contributed by atoms with Gasteiger partial charge in [0.05, 0.1) is 53.8 Å². The van der Waals surface area contributed by atoms with E-state index in [0.717, 1.165) is 11.1 Å². The third-order valence-corrected chi connectivity index (χ3v) is 10.8. The maximum atomic E-state index is 14.0. The van der Waals surface area contributed by atoms with Crippen molar-refractivity contribution >= 4 is 24.0 Å². The van der Waals surface area contributed by atoms with Gasteiger partial charge >= 0.3 is 0 Å². The minimum Gasteiger partial charge on any atom is -0.507 e. The monoisotopic (exact) mass is 763 g/mol. The fraction of sp³-hybridized carbons (Fsp3) is 0.366. The Labute approximate surface area is 319 Å². The van der Waals surface area contributed by atoms with Crippen molar-refractivity contribution in [3.8, 4) is 17.2 Å². The van der Waals surface area contributed by atoms with E-state index in [1.54, 1.807) is 13.0 Å². The molecule has 54 heavy (non-hydrogen) atoms. The highest BCUT2D eigenvalue weighted by molar-refractivity contribution is 6.31. The molecule has 0 saturated carbocycles. The minimum absolute atomic E-state index is 0. The van der Waals surface area contributed by atoms with Gasteiger partial charge in [0, 0.05) is 55.1 Å². The number of carbonyl (C=O) groups excluding carboxylic acids is 2. The first kappa shape index (κ1) is 40.8. The molecule has 7 atom stereocenters. The Balaban J connectivity index is 0.00000280. The van der Waals surface area contributed by atoms with Gasteiger partial charge in [0.1, 0.15) is 17.2 Å². The summed E-state index contributed by atoms with van der Waals surface area (Å²) in [6.45, 7) is 4.19. The number of aliphatic hydroxyl groups is 3. The van der Waals surface area contributed by atoms with E-state index >= 15 is 0 Å². The molecule has 13 heteroatoms. The lowest BCUT2D eigenvalue weighted by Gasteiger charge is -2.46. The molecule has 4 aromatic rings. The number of ether oxygens (including phenoxy) is 3. The smallest absolute Gasteiger partial charge is 0.202 e. The molecule has 1 aliphatic heterocycles. The van der Waals surface area contributed by atoms with Gasteiger partial charge in [-0.15, -0.1) is 12.4 Å². The average Bonchev–Trinajstić information content (AvgIpc) is 3.13.